The summed E-state index contributed by atoms with van der Waals surface area (Å²) in [4.78, 5) is 26.7. The molecule has 0 aliphatic carbocycles. The summed E-state index contributed by atoms with van der Waals surface area (Å²) < 4.78 is 6.05. The minimum atomic E-state index is -0.442. The highest BCUT2D eigenvalue weighted by Crippen LogP contribution is 2.43. The molecule has 0 unspecified atom stereocenters. The smallest absolute Gasteiger partial charge is 0.297 e. The van der Waals surface area contributed by atoms with Crippen LogP contribution >= 0.6 is 0 Å². The largest absolute Gasteiger partial charge is 0.488 e. The van der Waals surface area contributed by atoms with E-state index < -0.39 is 4.92 Å². The minimum Gasteiger partial charge on any atom is -0.488 e. The molecule has 0 aliphatic heterocycles. The summed E-state index contributed by atoms with van der Waals surface area (Å²) in [5.74, 6) is -0.113. The summed E-state index contributed by atoms with van der Waals surface area (Å²) in [5.41, 5.74) is 1.97. The van der Waals surface area contributed by atoms with Crippen LogP contribution in [0.5, 0.6) is 5.75 Å². The van der Waals surface area contributed by atoms with Crippen molar-refractivity contribution in [3.8, 4) is 5.75 Å². The molecule has 0 bridgehead atoms. The molecule has 4 aromatic carbocycles. The molecule has 0 fully saturated rings. The second kappa shape index (κ2) is 10.2. The third-order valence-corrected chi connectivity index (χ3v) is 5.61. The van der Waals surface area contributed by atoms with Crippen LogP contribution in [0.25, 0.3) is 10.8 Å². The second-order valence-electron chi connectivity index (χ2n) is 8.38. The number of nitro benzene ring substituents is 1. The molecule has 172 valence electrons. The van der Waals surface area contributed by atoms with E-state index in [-0.39, 0.29) is 36.4 Å². The Labute approximate surface area is 198 Å². The van der Waals surface area contributed by atoms with Crippen molar-refractivity contribution in [2.45, 2.75) is 27.0 Å². The van der Waals surface area contributed by atoms with Crippen molar-refractivity contribution in [2.75, 3.05) is 4.90 Å². The zero-order chi connectivity index (χ0) is 24.1. The van der Waals surface area contributed by atoms with Gasteiger partial charge in [0.2, 0.25) is 5.91 Å². The van der Waals surface area contributed by atoms with Crippen LogP contribution in [-0.2, 0) is 17.9 Å². The average Bonchev–Trinajstić information content (AvgIpc) is 2.86. The molecule has 6 heteroatoms. The van der Waals surface area contributed by atoms with Gasteiger partial charge in [-0.2, -0.15) is 0 Å². The van der Waals surface area contributed by atoms with E-state index in [1.165, 1.54) is 11.0 Å². The second-order valence-corrected chi connectivity index (χ2v) is 8.38. The van der Waals surface area contributed by atoms with E-state index in [2.05, 4.69) is 0 Å². The Bertz CT molecular complexity index is 1300. The number of benzene rings is 4. The Morgan fingerprint density at radius 1 is 0.882 bits per heavy atom. The van der Waals surface area contributed by atoms with E-state index in [0.717, 1.165) is 11.1 Å². The molecule has 0 aliphatic rings. The van der Waals surface area contributed by atoms with Crippen molar-refractivity contribution < 1.29 is 14.5 Å². The van der Waals surface area contributed by atoms with Crippen LogP contribution in [-0.4, -0.2) is 10.8 Å². The van der Waals surface area contributed by atoms with Crippen LogP contribution in [0.1, 0.15) is 25.0 Å². The number of carbonyl (C=O) groups is 1. The first-order valence-electron chi connectivity index (χ1n) is 11.2. The lowest BCUT2D eigenvalue weighted by Crippen LogP contribution is -2.34. The Morgan fingerprint density at radius 3 is 2.03 bits per heavy atom. The van der Waals surface area contributed by atoms with E-state index in [1.807, 2.05) is 78.9 Å². The number of hydrogen-bond donors (Lipinski definition) is 0. The first kappa shape index (κ1) is 23.0. The fraction of sp³-hybridized carbons (Fsp3) is 0.179. The molecule has 4 rings (SSSR count). The molecule has 0 saturated heterocycles. The SMILES string of the molecule is CC(C)C(=O)N(Cc1ccccc1)c1c([N+](=O)[O-])cc(OCc2ccccc2)c2ccccc12. The molecule has 0 saturated carbocycles. The lowest BCUT2D eigenvalue weighted by molar-refractivity contribution is -0.384. The van der Waals surface area contributed by atoms with Gasteiger partial charge < -0.3 is 9.64 Å². The number of carbonyl (C=O) groups excluding carboxylic acids is 1. The maximum atomic E-state index is 13.3. The maximum absolute atomic E-state index is 13.3. The first-order valence-corrected chi connectivity index (χ1v) is 11.2. The molecule has 34 heavy (non-hydrogen) atoms. The summed E-state index contributed by atoms with van der Waals surface area (Å²) in [6, 6.07) is 27.9. The average molecular weight is 455 g/mol. The highest BCUT2D eigenvalue weighted by molar-refractivity contribution is 6.09. The number of hydrogen-bond acceptors (Lipinski definition) is 4. The van der Waals surface area contributed by atoms with Crippen molar-refractivity contribution in [2.24, 2.45) is 5.92 Å². The van der Waals surface area contributed by atoms with E-state index in [9.17, 15) is 14.9 Å². The Balaban J connectivity index is 1.87. The van der Waals surface area contributed by atoms with Crippen LogP contribution in [0.4, 0.5) is 11.4 Å². The summed E-state index contributed by atoms with van der Waals surface area (Å²) in [7, 11) is 0. The minimum absolute atomic E-state index is 0.160. The Hall–Kier alpha value is -4.19. The first-order chi connectivity index (χ1) is 16.5. The highest BCUT2D eigenvalue weighted by atomic mass is 16.6. The van der Waals surface area contributed by atoms with Gasteiger partial charge in [-0.15, -0.1) is 0 Å². The molecule has 4 aromatic rings. The fourth-order valence-corrected chi connectivity index (χ4v) is 3.94. The number of anilines is 1. The summed E-state index contributed by atoms with van der Waals surface area (Å²) in [6.45, 7) is 4.10. The lowest BCUT2D eigenvalue weighted by Gasteiger charge is -2.26. The van der Waals surface area contributed by atoms with Crippen molar-refractivity contribution in [1.29, 1.82) is 0 Å². The van der Waals surface area contributed by atoms with E-state index in [4.69, 9.17) is 4.74 Å². The number of rotatable bonds is 8. The summed E-state index contributed by atoms with van der Waals surface area (Å²) in [5, 5.41) is 13.6. The standard InChI is InChI=1S/C28H26N2O4/c1-20(2)28(31)29(18-21-11-5-3-6-12-21)27-24-16-10-9-15-23(24)26(17-25(27)30(32)33)34-19-22-13-7-4-8-14-22/h3-17,20H,18-19H2,1-2H3. The maximum Gasteiger partial charge on any atom is 0.297 e. The van der Waals surface area contributed by atoms with Gasteiger partial charge in [-0.05, 0) is 11.1 Å². The molecule has 0 aromatic heterocycles. The Morgan fingerprint density at radius 2 is 1.44 bits per heavy atom. The summed E-state index contributed by atoms with van der Waals surface area (Å²) >= 11 is 0. The van der Waals surface area contributed by atoms with Gasteiger partial charge in [0.1, 0.15) is 18.0 Å². The molecule has 0 heterocycles. The molecule has 0 N–H and O–H groups in total. The third kappa shape index (κ3) is 4.91. The molecule has 0 radical (unpaired) electrons. The molecule has 0 spiro atoms. The van der Waals surface area contributed by atoms with E-state index >= 15 is 0 Å². The van der Waals surface area contributed by atoms with Crippen LogP contribution in [0, 0.1) is 16.0 Å². The topological polar surface area (TPSA) is 72.7 Å². The fourth-order valence-electron chi connectivity index (χ4n) is 3.94. The monoisotopic (exact) mass is 454 g/mol. The molecule has 1 amide bonds. The van der Waals surface area contributed by atoms with Crippen molar-refractivity contribution >= 4 is 28.1 Å². The van der Waals surface area contributed by atoms with Gasteiger partial charge in [-0.1, -0.05) is 98.8 Å². The number of nitrogens with zero attached hydrogens (tertiary/aromatic N) is 2. The van der Waals surface area contributed by atoms with Crippen LogP contribution in [0.3, 0.4) is 0 Å². The van der Waals surface area contributed by atoms with Gasteiger partial charge >= 0.3 is 0 Å². The number of fused-ring (bicyclic) bond motifs is 1. The molecule has 0 atom stereocenters. The van der Waals surface area contributed by atoms with Crippen LogP contribution in [0.2, 0.25) is 0 Å². The highest BCUT2D eigenvalue weighted by Gasteiger charge is 2.30. The predicted octanol–water partition coefficient (Wildman–Crippen LogP) is 6.52. The Kier molecular flexibility index (Phi) is 6.87. The number of nitro groups is 1. The van der Waals surface area contributed by atoms with E-state index in [1.54, 1.807) is 19.9 Å². The van der Waals surface area contributed by atoms with Gasteiger partial charge in [-0.25, -0.2) is 0 Å². The van der Waals surface area contributed by atoms with Gasteiger partial charge in [-0.3, -0.25) is 14.9 Å². The van der Waals surface area contributed by atoms with Gasteiger partial charge in [0.15, 0.2) is 0 Å². The van der Waals surface area contributed by atoms with Crippen LogP contribution in [0.15, 0.2) is 91.0 Å². The number of amides is 1. The van der Waals surface area contributed by atoms with E-state index in [0.29, 0.717) is 16.5 Å². The summed E-state index contributed by atoms with van der Waals surface area (Å²) in [6.07, 6.45) is 0. The lowest BCUT2D eigenvalue weighted by atomic mass is 10.0. The van der Waals surface area contributed by atoms with Crippen molar-refractivity contribution in [3.63, 3.8) is 0 Å². The number of ether oxygens (including phenoxy) is 1. The quantitative estimate of drug-likeness (QED) is 0.225. The van der Waals surface area contributed by atoms with Crippen LogP contribution < -0.4 is 9.64 Å². The van der Waals surface area contributed by atoms with Crippen molar-refractivity contribution in [1.82, 2.24) is 0 Å². The zero-order valence-corrected chi connectivity index (χ0v) is 19.2. The molecular weight excluding hydrogens is 428 g/mol. The zero-order valence-electron chi connectivity index (χ0n) is 19.2. The van der Waals surface area contributed by atoms with Gasteiger partial charge in [0.25, 0.3) is 5.69 Å². The molecular formula is C28H26N2O4. The van der Waals surface area contributed by atoms with Crippen molar-refractivity contribution in [3.05, 3.63) is 112 Å². The predicted molar refractivity (Wildman–Crippen MR) is 134 cm³/mol. The van der Waals surface area contributed by atoms with Gasteiger partial charge in [0, 0.05) is 16.7 Å². The normalized spacial score (nSPS) is 10.9. The van der Waals surface area contributed by atoms with Gasteiger partial charge in [0.05, 0.1) is 17.5 Å². The molecule has 6 nitrogen and oxygen atoms in total. The third-order valence-electron chi connectivity index (χ3n) is 5.61.